The predicted octanol–water partition coefficient (Wildman–Crippen LogP) is 1.92. The summed E-state index contributed by atoms with van der Waals surface area (Å²) in [5.41, 5.74) is 0. The minimum Gasteiger partial charge on any atom is -0.314 e. The minimum absolute atomic E-state index is 0. The van der Waals surface area contributed by atoms with Crippen LogP contribution >= 0.6 is 12.4 Å². The lowest BCUT2D eigenvalue weighted by atomic mass is 10.2. The second-order valence-corrected chi connectivity index (χ2v) is 2.09. The van der Waals surface area contributed by atoms with Crippen LogP contribution in [0.3, 0.4) is 0 Å². The first kappa shape index (κ1) is 11.9. The Bertz CT molecular complexity index is 50.3. The van der Waals surface area contributed by atoms with Gasteiger partial charge >= 0.3 is 0 Å². The van der Waals surface area contributed by atoms with Crippen molar-refractivity contribution in [1.29, 1.82) is 0 Å². The van der Waals surface area contributed by atoms with Gasteiger partial charge in [0.05, 0.1) is 0 Å². The highest BCUT2D eigenvalue weighted by Gasteiger charge is 1.88. The van der Waals surface area contributed by atoms with Gasteiger partial charge in [0.2, 0.25) is 0 Å². The Kier molecular flexibility index (Phi) is 10.9. The summed E-state index contributed by atoms with van der Waals surface area (Å²) in [7, 11) is 1.68. The van der Waals surface area contributed by atoms with Crippen molar-refractivity contribution in [2.24, 2.45) is 0 Å². The Morgan fingerprint density at radius 2 is 1.89 bits per heavy atom. The molecule has 0 aliphatic carbocycles. The third-order valence-corrected chi connectivity index (χ3v) is 1.09. The zero-order chi connectivity index (χ0) is 6.41. The Morgan fingerprint density at radius 1 is 1.33 bits per heavy atom. The molecule has 0 radical (unpaired) electrons. The lowest BCUT2D eigenvalue weighted by molar-refractivity contribution is -0.0655. The fraction of sp³-hybridized carbons (Fsp3) is 1.00. The average Bonchev–Trinajstić information content (AvgIpc) is 1.66. The molecule has 0 saturated carbocycles. The van der Waals surface area contributed by atoms with Crippen LogP contribution in [-0.2, 0) is 0 Å². The van der Waals surface area contributed by atoms with Crippen molar-refractivity contribution >= 4 is 12.4 Å². The molecule has 0 aromatic heterocycles. The van der Waals surface area contributed by atoms with E-state index in [0.29, 0.717) is 0 Å². The second kappa shape index (κ2) is 8.21. The third kappa shape index (κ3) is 11.7. The Morgan fingerprint density at radius 3 is 2.22 bits per heavy atom. The normalized spacial score (nSPS) is 9.33. The van der Waals surface area contributed by atoms with Gasteiger partial charge < -0.3 is 5.21 Å². The summed E-state index contributed by atoms with van der Waals surface area (Å²) < 4.78 is 0. The monoisotopic (exact) mass is 153 g/mol. The molecule has 0 fully saturated rings. The molecule has 0 spiro atoms. The highest BCUT2D eigenvalue weighted by Crippen LogP contribution is 1.93. The van der Waals surface area contributed by atoms with Gasteiger partial charge in [0.25, 0.3) is 0 Å². The average molecular weight is 154 g/mol. The van der Waals surface area contributed by atoms with E-state index >= 15 is 0 Å². The molecule has 0 aliphatic rings. The maximum absolute atomic E-state index is 8.61. The first-order valence-electron chi connectivity index (χ1n) is 3.17. The van der Waals surface area contributed by atoms with Crippen LogP contribution in [0.4, 0.5) is 0 Å². The molecular weight excluding hydrogens is 138 g/mol. The van der Waals surface area contributed by atoms with Gasteiger partial charge in [-0.25, -0.2) is 0 Å². The molecule has 3 heteroatoms. The molecule has 0 heterocycles. The molecule has 0 aromatic carbocycles. The van der Waals surface area contributed by atoms with Gasteiger partial charge in [-0.05, 0) is 6.42 Å². The molecule has 0 aliphatic heterocycles. The summed E-state index contributed by atoms with van der Waals surface area (Å²) in [4.78, 5) is 0. The SMILES string of the molecule is CCCCCN(C)O.Cl. The maximum atomic E-state index is 8.61. The van der Waals surface area contributed by atoms with Crippen LogP contribution in [0.25, 0.3) is 0 Å². The van der Waals surface area contributed by atoms with Crippen molar-refractivity contribution in [2.75, 3.05) is 13.6 Å². The smallest absolute Gasteiger partial charge is 0.0235 e. The zero-order valence-electron chi connectivity index (χ0n) is 6.13. The van der Waals surface area contributed by atoms with Crippen LogP contribution in [0.1, 0.15) is 26.2 Å². The quantitative estimate of drug-likeness (QED) is 0.493. The van der Waals surface area contributed by atoms with Crippen molar-refractivity contribution in [3.05, 3.63) is 0 Å². The maximum Gasteiger partial charge on any atom is 0.0235 e. The Balaban J connectivity index is 0. The van der Waals surface area contributed by atoms with Crippen LogP contribution < -0.4 is 0 Å². The van der Waals surface area contributed by atoms with E-state index in [4.69, 9.17) is 5.21 Å². The summed E-state index contributed by atoms with van der Waals surface area (Å²) in [6, 6.07) is 0. The van der Waals surface area contributed by atoms with Gasteiger partial charge in [0, 0.05) is 13.6 Å². The zero-order valence-corrected chi connectivity index (χ0v) is 6.95. The number of nitrogens with zero attached hydrogens (tertiary/aromatic N) is 1. The molecule has 2 nitrogen and oxygen atoms in total. The second-order valence-electron chi connectivity index (χ2n) is 2.09. The molecule has 0 rings (SSSR count). The van der Waals surface area contributed by atoms with E-state index in [-0.39, 0.29) is 12.4 Å². The molecule has 0 amide bonds. The standard InChI is InChI=1S/C6H15NO.ClH/c1-3-4-5-6-7(2)8;/h8H,3-6H2,1-2H3;1H. The van der Waals surface area contributed by atoms with E-state index in [1.54, 1.807) is 7.05 Å². The molecule has 0 saturated heterocycles. The molecule has 58 valence electrons. The van der Waals surface area contributed by atoms with Crippen LogP contribution in [0.5, 0.6) is 0 Å². The first-order valence-corrected chi connectivity index (χ1v) is 3.17. The molecule has 0 aromatic rings. The van der Waals surface area contributed by atoms with Gasteiger partial charge in [-0.2, -0.15) is 5.06 Å². The van der Waals surface area contributed by atoms with Gasteiger partial charge in [-0.15, -0.1) is 12.4 Å². The fourth-order valence-electron chi connectivity index (χ4n) is 0.591. The fourth-order valence-corrected chi connectivity index (χ4v) is 0.591. The van der Waals surface area contributed by atoms with Crippen molar-refractivity contribution < 1.29 is 5.21 Å². The van der Waals surface area contributed by atoms with E-state index < -0.39 is 0 Å². The summed E-state index contributed by atoms with van der Waals surface area (Å²) in [5.74, 6) is 0. The lowest BCUT2D eigenvalue weighted by Crippen LogP contribution is -2.13. The highest BCUT2D eigenvalue weighted by molar-refractivity contribution is 5.85. The summed E-state index contributed by atoms with van der Waals surface area (Å²) in [6.07, 6.45) is 3.53. The van der Waals surface area contributed by atoms with Crippen LogP contribution in [0, 0.1) is 0 Å². The number of hydrogen-bond donors (Lipinski definition) is 1. The van der Waals surface area contributed by atoms with Crippen molar-refractivity contribution in [2.45, 2.75) is 26.2 Å². The van der Waals surface area contributed by atoms with Crippen LogP contribution in [-0.4, -0.2) is 23.9 Å². The summed E-state index contributed by atoms with van der Waals surface area (Å²) in [6.45, 7) is 2.95. The number of rotatable bonds is 4. The highest BCUT2D eigenvalue weighted by atomic mass is 35.5. The first-order chi connectivity index (χ1) is 3.77. The lowest BCUT2D eigenvalue weighted by Gasteiger charge is -2.05. The van der Waals surface area contributed by atoms with Gasteiger partial charge in [0.1, 0.15) is 0 Å². The van der Waals surface area contributed by atoms with Gasteiger partial charge in [0.15, 0.2) is 0 Å². The van der Waals surface area contributed by atoms with Gasteiger partial charge in [-0.3, -0.25) is 0 Å². The summed E-state index contributed by atoms with van der Waals surface area (Å²) >= 11 is 0. The number of hydroxylamine groups is 2. The molecule has 1 N–H and O–H groups in total. The van der Waals surface area contributed by atoms with Crippen molar-refractivity contribution in [3.8, 4) is 0 Å². The van der Waals surface area contributed by atoms with E-state index in [9.17, 15) is 0 Å². The van der Waals surface area contributed by atoms with Crippen LogP contribution in [0.2, 0.25) is 0 Å². The van der Waals surface area contributed by atoms with Crippen molar-refractivity contribution in [3.63, 3.8) is 0 Å². The molecule has 9 heavy (non-hydrogen) atoms. The molecule has 0 unspecified atom stereocenters. The van der Waals surface area contributed by atoms with E-state index in [2.05, 4.69) is 6.92 Å². The van der Waals surface area contributed by atoms with Crippen molar-refractivity contribution in [1.82, 2.24) is 5.06 Å². The number of unbranched alkanes of at least 4 members (excludes halogenated alkanes) is 2. The predicted molar refractivity (Wildman–Crippen MR) is 41.2 cm³/mol. The third-order valence-electron chi connectivity index (χ3n) is 1.09. The molecular formula is C6H16ClNO. The number of halogens is 1. The largest absolute Gasteiger partial charge is 0.314 e. The van der Waals surface area contributed by atoms with E-state index in [1.807, 2.05) is 0 Å². The van der Waals surface area contributed by atoms with E-state index in [0.717, 1.165) is 13.0 Å². The topological polar surface area (TPSA) is 23.5 Å². The number of hydrogen-bond acceptors (Lipinski definition) is 2. The Hall–Kier alpha value is 0.210. The minimum atomic E-state index is 0. The summed E-state index contributed by atoms with van der Waals surface area (Å²) in [5, 5.41) is 9.84. The van der Waals surface area contributed by atoms with E-state index in [1.165, 1.54) is 17.9 Å². The van der Waals surface area contributed by atoms with Gasteiger partial charge in [-0.1, -0.05) is 19.8 Å². The molecule has 0 bridgehead atoms. The molecule has 0 atom stereocenters. The Labute approximate surface area is 63.2 Å². The van der Waals surface area contributed by atoms with Crippen LogP contribution in [0.15, 0.2) is 0 Å².